The number of nitrogens with one attached hydrogen (secondary N) is 1. The Morgan fingerprint density at radius 2 is 2.06 bits per heavy atom. The molecule has 0 aliphatic rings. The van der Waals surface area contributed by atoms with Gasteiger partial charge >= 0.3 is 5.97 Å². The van der Waals surface area contributed by atoms with Crippen LogP contribution in [0.1, 0.15) is 33.1 Å². The molecule has 0 spiro atoms. The molecule has 1 N–H and O–H groups in total. The monoisotopic (exact) mass is 227 g/mol. The van der Waals surface area contributed by atoms with E-state index >= 15 is 0 Å². The number of ether oxygens (including phenoxy) is 1. The van der Waals surface area contributed by atoms with Crippen LogP contribution in [-0.4, -0.2) is 25.0 Å². The van der Waals surface area contributed by atoms with Crippen LogP contribution in [0.15, 0.2) is 12.7 Å². The van der Waals surface area contributed by atoms with Gasteiger partial charge in [0.2, 0.25) is 5.91 Å². The van der Waals surface area contributed by atoms with Gasteiger partial charge < -0.3 is 10.1 Å². The number of carbonyl (C=O) groups excluding carboxylic acids is 2. The van der Waals surface area contributed by atoms with Crippen LogP contribution in [0.4, 0.5) is 0 Å². The Bertz CT molecular complexity index is 249. The van der Waals surface area contributed by atoms with Crippen LogP contribution in [0.3, 0.4) is 0 Å². The van der Waals surface area contributed by atoms with E-state index in [9.17, 15) is 9.59 Å². The van der Waals surface area contributed by atoms with E-state index in [2.05, 4.69) is 16.6 Å². The van der Waals surface area contributed by atoms with Crippen molar-refractivity contribution in [3.8, 4) is 0 Å². The molecule has 0 radical (unpaired) electrons. The lowest BCUT2D eigenvalue weighted by Gasteiger charge is -2.17. The Hall–Kier alpha value is -1.32. The number of unbranched alkanes of at least 4 members (excludes halogenated alkanes) is 1. The van der Waals surface area contributed by atoms with Gasteiger partial charge in [0, 0.05) is 5.92 Å². The van der Waals surface area contributed by atoms with E-state index in [0.717, 1.165) is 12.8 Å². The van der Waals surface area contributed by atoms with Crippen molar-refractivity contribution in [1.29, 1.82) is 0 Å². The Balaban J connectivity index is 4.25. The van der Waals surface area contributed by atoms with Crippen molar-refractivity contribution < 1.29 is 14.3 Å². The fourth-order valence-electron chi connectivity index (χ4n) is 1.20. The fraction of sp³-hybridized carbons (Fsp3) is 0.667. The third kappa shape index (κ3) is 5.53. The maximum atomic E-state index is 11.5. The zero-order chi connectivity index (χ0) is 12.6. The summed E-state index contributed by atoms with van der Waals surface area (Å²) in [7, 11) is 1.32. The van der Waals surface area contributed by atoms with Gasteiger partial charge in [0.05, 0.1) is 7.11 Å². The zero-order valence-corrected chi connectivity index (χ0v) is 10.3. The first-order valence-electron chi connectivity index (χ1n) is 5.52. The maximum Gasteiger partial charge on any atom is 0.328 e. The minimum atomic E-state index is -0.542. The van der Waals surface area contributed by atoms with Crippen LogP contribution in [0.25, 0.3) is 0 Å². The molecule has 0 aromatic carbocycles. The molecule has 4 heteroatoms. The zero-order valence-electron chi connectivity index (χ0n) is 10.3. The Morgan fingerprint density at radius 1 is 1.44 bits per heavy atom. The van der Waals surface area contributed by atoms with Gasteiger partial charge in [-0.25, -0.2) is 4.79 Å². The maximum absolute atomic E-state index is 11.5. The molecule has 0 aromatic rings. The summed E-state index contributed by atoms with van der Waals surface area (Å²) in [5.74, 6) is -0.654. The number of methoxy groups -OCH3 is 1. The van der Waals surface area contributed by atoms with Gasteiger partial charge in [-0.1, -0.05) is 19.9 Å². The fourth-order valence-corrected chi connectivity index (χ4v) is 1.20. The van der Waals surface area contributed by atoms with Gasteiger partial charge in [-0.05, 0) is 19.3 Å². The van der Waals surface area contributed by atoms with Crippen LogP contribution >= 0.6 is 0 Å². The largest absolute Gasteiger partial charge is 0.467 e. The number of amides is 1. The summed E-state index contributed by atoms with van der Waals surface area (Å²) < 4.78 is 4.64. The summed E-state index contributed by atoms with van der Waals surface area (Å²) in [6, 6.07) is -0.542. The van der Waals surface area contributed by atoms with Crippen LogP contribution in [-0.2, 0) is 14.3 Å². The average Bonchev–Trinajstić information content (AvgIpc) is 2.26. The van der Waals surface area contributed by atoms with Gasteiger partial charge in [0.25, 0.3) is 0 Å². The third-order valence-corrected chi connectivity index (χ3v) is 2.23. The molecular weight excluding hydrogens is 206 g/mol. The normalized spacial score (nSPS) is 12.0. The van der Waals surface area contributed by atoms with Gasteiger partial charge in [-0.15, -0.1) is 6.58 Å². The first kappa shape index (κ1) is 14.7. The molecule has 0 saturated carbocycles. The van der Waals surface area contributed by atoms with E-state index in [4.69, 9.17) is 0 Å². The SMILES string of the molecule is C=CCCC[C@H](NC(=O)C(C)C)C(=O)OC. The molecule has 1 amide bonds. The smallest absolute Gasteiger partial charge is 0.328 e. The number of rotatable bonds is 7. The first-order chi connectivity index (χ1) is 7.52. The predicted molar refractivity (Wildman–Crippen MR) is 62.8 cm³/mol. The number of carbonyl (C=O) groups is 2. The number of hydrogen-bond acceptors (Lipinski definition) is 3. The number of hydrogen-bond donors (Lipinski definition) is 1. The highest BCUT2D eigenvalue weighted by molar-refractivity contribution is 5.85. The summed E-state index contributed by atoms with van der Waals surface area (Å²) in [5, 5.41) is 2.68. The number of allylic oxidation sites excluding steroid dienone is 1. The summed E-state index contributed by atoms with van der Waals surface area (Å²) in [5.41, 5.74) is 0. The highest BCUT2D eigenvalue weighted by atomic mass is 16.5. The lowest BCUT2D eigenvalue weighted by molar-refractivity contribution is -0.145. The molecule has 0 aliphatic carbocycles. The standard InChI is InChI=1S/C12H21NO3/c1-5-6-7-8-10(12(15)16-4)13-11(14)9(2)3/h5,9-10H,1,6-8H2,2-4H3,(H,13,14)/t10-/m0/s1. The van der Waals surface area contributed by atoms with Gasteiger partial charge in [0.15, 0.2) is 0 Å². The van der Waals surface area contributed by atoms with E-state index in [1.807, 2.05) is 0 Å². The van der Waals surface area contributed by atoms with E-state index in [0.29, 0.717) is 6.42 Å². The molecule has 0 saturated heterocycles. The van der Waals surface area contributed by atoms with Gasteiger partial charge in [0.1, 0.15) is 6.04 Å². The lowest BCUT2D eigenvalue weighted by Crippen LogP contribution is -2.43. The minimum Gasteiger partial charge on any atom is -0.467 e. The molecule has 0 fully saturated rings. The lowest BCUT2D eigenvalue weighted by atomic mass is 10.1. The molecule has 0 heterocycles. The molecule has 0 unspecified atom stereocenters. The molecule has 0 aromatic heterocycles. The Labute approximate surface area is 97.1 Å². The minimum absolute atomic E-state index is 0.131. The van der Waals surface area contributed by atoms with E-state index < -0.39 is 12.0 Å². The van der Waals surface area contributed by atoms with Crippen molar-refractivity contribution >= 4 is 11.9 Å². The molecule has 0 aliphatic heterocycles. The van der Waals surface area contributed by atoms with E-state index in [1.165, 1.54) is 7.11 Å². The highest BCUT2D eigenvalue weighted by Crippen LogP contribution is 2.05. The van der Waals surface area contributed by atoms with Crippen molar-refractivity contribution in [3.05, 3.63) is 12.7 Å². The topological polar surface area (TPSA) is 55.4 Å². The molecule has 4 nitrogen and oxygen atoms in total. The molecule has 0 rings (SSSR count). The van der Waals surface area contributed by atoms with Crippen molar-refractivity contribution in [2.45, 2.75) is 39.2 Å². The van der Waals surface area contributed by atoms with E-state index in [1.54, 1.807) is 19.9 Å². The van der Waals surface area contributed by atoms with Crippen LogP contribution < -0.4 is 5.32 Å². The second kappa shape index (κ2) is 7.91. The van der Waals surface area contributed by atoms with Gasteiger partial charge in [-0.3, -0.25) is 4.79 Å². The highest BCUT2D eigenvalue weighted by Gasteiger charge is 2.21. The van der Waals surface area contributed by atoms with Gasteiger partial charge in [-0.2, -0.15) is 0 Å². The Kier molecular flexibility index (Phi) is 7.25. The van der Waals surface area contributed by atoms with Crippen LogP contribution in [0.2, 0.25) is 0 Å². The molecule has 16 heavy (non-hydrogen) atoms. The van der Waals surface area contributed by atoms with Crippen molar-refractivity contribution in [3.63, 3.8) is 0 Å². The predicted octanol–water partition coefficient (Wildman–Crippen LogP) is 1.66. The summed E-state index contributed by atoms with van der Waals surface area (Å²) in [6.07, 6.45) is 4.00. The molecule has 92 valence electrons. The first-order valence-corrected chi connectivity index (χ1v) is 5.52. The number of esters is 1. The van der Waals surface area contributed by atoms with Crippen molar-refractivity contribution in [2.24, 2.45) is 5.92 Å². The Morgan fingerprint density at radius 3 is 2.50 bits per heavy atom. The quantitative estimate of drug-likeness (QED) is 0.409. The summed E-state index contributed by atoms with van der Waals surface area (Å²) in [6.45, 7) is 7.18. The van der Waals surface area contributed by atoms with Crippen LogP contribution in [0.5, 0.6) is 0 Å². The van der Waals surface area contributed by atoms with Crippen molar-refractivity contribution in [2.75, 3.05) is 7.11 Å². The summed E-state index contributed by atoms with van der Waals surface area (Å²) in [4.78, 5) is 22.9. The molecular formula is C12H21NO3. The average molecular weight is 227 g/mol. The third-order valence-electron chi connectivity index (χ3n) is 2.23. The van der Waals surface area contributed by atoms with Crippen molar-refractivity contribution in [1.82, 2.24) is 5.32 Å². The second-order valence-corrected chi connectivity index (χ2v) is 3.96. The molecule has 0 bridgehead atoms. The second-order valence-electron chi connectivity index (χ2n) is 3.96. The van der Waals surface area contributed by atoms with E-state index in [-0.39, 0.29) is 11.8 Å². The summed E-state index contributed by atoms with van der Waals surface area (Å²) >= 11 is 0. The van der Waals surface area contributed by atoms with Crippen LogP contribution in [0, 0.1) is 5.92 Å². The molecule has 1 atom stereocenters.